The van der Waals surface area contributed by atoms with Crippen LogP contribution in [0, 0.1) is 0 Å². The van der Waals surface area contributed by atoms with Crippen molar-refractivity contribution in [3.05, 3.63) is 54.5 Å². The Labute approximate surface area is 173 Å². The van der Waals surface area contributed by atoms with E-state index in [1.54, 1.807) is 19.2 Å². The zero-order valence-electron chi connectivity index (χ0n) is 17.1. The quantitative estimate of drug-likeness (QED) is 0.475. The van der Waals surface area contributed by atoms with Crippen LogP contribution < -0.4 is 5.73 Å². The number of carbonyl (C=O) groups excluding carboxylic acids is 1. The number of aromatic amines is 1. The van der Waals surface area contributed by atoms with Gasteiger partial charge in [0.25, 0.3) is 5.91 Å². The van der Waals surface area contributed by atoms with Crippen molar-refractivity contribution in [3.63, 3.8) is 0 Å². The van der Waals surface area contributed by atoms with Crippen molar-refractivity contribution >= 4 is 22.8 Å². The Bertz CT molecular complexity index is 1340. The van der Waals surface area contributed by atoms with Crippen molar-refractivity contribution in [2.45, 2.75) is 12.0 Å². The number of carbonyl (C=O) groups is 1. The average molecular weight is 402 g/mol. The van der Waals surface area contributed by atoms with Gasteiger partial charge < -0.3 is 15.7 Å². The number of likely N-dealkylation sites (N-methyl/N-ethyl adjacent to an activating group) is 1. The maximum absolute atomic E-state index is 12.3. The third kappa shape index (κ3) is 2.79. The third-order valence-electron chi connectivity index (χ3n) is 5.44. The fourth-order valence-electron chi connectivity index (χ4n) is 3.70. The SMILES string of the molecule is [2H]c1nc(N)c2nc(-c3cccc(-c4cc([C@@]5(O)CCN(C)C5=O)n[nH]4)c3)ccc2n1. The molecule has 1 aliphatic rings. The third-order valence-corrected chi connectivity index (χ3v) is 5.44. The fraction of sp³-hybridized carbons (Fsp3) is 0.190. The Kier molecular flexibility index (Phi) is 3.75. The number of nitrogens with one attached hydrogen (secondary N) is 1. The van der Waals surface area contributed by atoms with Crippen molar-refractivity contribution in [1.82, 2.24) is 30.0 Å². The monoisotopic (exact) mass is 402 g/mol. The van der Waals surface area contributed by atoms with Gasteiger partial charge in [-0.2, -0.15) is 5.10 Å². The van der Waals surface area contributed by atoms with Crippen LogP contribution in [0.1, 0.15) is 13.5 Å². The number of aliphatic hydroxyl groups is 1. The lowest BCUT2D eigenvalue weighted by atomic mass is 9.97. The highest BCUT2D eigenvalue weighted by Crippen LogP contribution is 2.34. The second kappa shape index (κ2) is 6.60. The number of benzene rings is 1. The molecular formula is C21H19N7O2. The number of hydrogen-bond donors (Lipinski definition) is 3. The lowest BCUT2D eigenvalue weighted by Gasteiger charge is -2.17. The Balaban J connectivity index is 1.51. The molecule has 30 heavy (non-hydrogen) atoms. The number of amides is 1. The highest BCUT2D eigenvalue weighted by Gasteiger charge is 2.47. The van der Waals surface area contributed by atoms with Crippen molar-refractivity contribution in [3.8, 4) is 22.5 Å². The number of H-pyrrole nitrogens is 1. The van der Waals surface area contributed by atoms with Crippen molar-refractivity contribution in [2.75, 3.05) is 19.3 Å². The maximum Gasteiger partial charge on any atom is 0.260 e. The summed E-state index contributed by atoms with van der Waals surface area (Å²) in [5, 5.41) is 17.9. The number of pyridine rings is 1. The van der Waals surface area contributed by atoms with Crippen LogP contribution in [-0.2, 0) is 10.4 Å². The standard InChI is InChI=1S/C21H19N7O2/c1-28-8-7-21(30,20(28)29)17-10-16(26-27-17)13-4-2-3-12(9-13)14-5-6-15-18(25-14)19(22)24-11-23-15/h2-6,9-11,30H,7-8H2,1H3,(H,26,27)(H2,22,23,24)/t21-/m0/s1/i11D. The van der Waals surface area contributed by atoms with Gasteiger partial charge in [0, 0.05) is 31.1 Å². The Morgan fingerprint density at radius 1 is 1.23 bits per heavy atom. The normalized spacial score (nSPS) is 19.5. The van der Waals surface area contributed by atoms with Crippen LogP contribution >= 0.6 is 0 Å². The number of nitrogens with two attached hydrogens (primary N) is 1. The lowest BCUT2D eigenvalue weighted by molar-refractivity contribution is -0.143. The van der Waals surface area contributed by atoms with Crippen LogP contribution in [0.2, 0.25) is 0 Å². The molecule has 1 aliphatic heterocycles. The van der Waals surface area contributed by atoms with E-state index in [2.05, 4.69) is 25.1 Å². The molecule has 150 valence electrons. The summed E-state index contributed by atoms with van der Waals surface area (Å²) in [7, 11) is 1.66. The predicted octanol–water partition coefficient (Wildman–Crippen LogP) is 1.71. The van der Waals surface area contributed by atoms with E-state index in [1.165, 1.54) is 4.90 Å². The number of rotatable bonds is 3. The summed E-state index contributed by atoms with van der Waals surface area (Å²) in [6.07, 6.45) is 0.155. The minimum atomic E-state index is -1.60. The molecule has 1 atom stereocenters. The Hall–Kier alpha value is -3.85. The molecule has 1 aromatic carbocycles. The number of likely N-dealkylation sites (tertiary alicyclic amines) is 1. The molecule has 9 heteroatoms. The van der Waals surface area contributed by atoms with E-state index in [9.17, 15) is 9.90 Å². The van der Waals surface area contributed by atoms with Crippen LogP contribution in [0.4, 0.5) is 5.82 Å². The molecule has 0 unspecified atom stereocenters. The molecule has 5 rings (SSSR count). The molecule has 1 saturated heterocycles. The minimum Gasteiger partial charge on any atom is -0.382 e. The molecule has 4 N–H and O–H groups in total. The summed E-state index contributed by atoms with van der Waals surface area (Å²) in [5.41, 5.74) is 8.58. The molecule has 9 nitrogen and oxygen atoms in total. The smallest absolute Gasteiger partial charge is 0.260 e. The van der Waals surface area contributed by atoms with Gasteiger partial charge in [-0.05, 0) is 24.3 Å². The van der Waals surface area contributed by atoms with Gasteiger partial charge >= 0.3 is 0 Å². The average Bonchev–Trinajstić information content (AvgIpc) is 3.36. The van der Waals surface area contributed by atoms with E-state index in [1.807, 2.05) is 30.3 Å². The minimum absolute atomic E-state index is 0.148. The van der Waals surface area contributed by atoms with E-state index < -0.39 is 5.60 Å². The first-order valence-electron chi connectivity index (χ1n) is 9.91. The second-order valence-electron chi connectivity index (χ2n) is 7.36. The predicted molar refractivity (Wildman–Crippen MR) is 111 cm³/mol. The molecule has 4 aromatic rings. The summed E-state index contributed by atoms with van der Waals surface area (Å²) in [5.74, 6) is -0.194. The van der Waals surface area contributed by atoms with Gasteiger partial charge in [0.05, 0.1) is 16.9 Å². The van der Waals surface area contributed by atoms with Crippen LogP contribution in [-0.4, -0.2) is 54.7 Å². The largest absolute Gasteiger partial charge is 0.382 e. The molecule has 0 spiro atoms. The number of nitrogens with zero attached hydrogens (tertiary/aromatic N) is 5. The first-order chi connectivity index (χ1) is 14.8. The summed E-state index contributed by atoms with van der Waals surface area (Å²) < 4.78 is 7.58. The van der Waals surface area contributed by atoms with Gasteiger partial charge in [-0.1, -0.05) is 18.2 Å². The van der Waals surface area contributed by atoms with Gasteiger partial charge in [-0.15, -0.1) is 0 Å². The van der Waals surface area contributed by atoms with E-state index in [0.29, 0.717) is 41.1 Å². The zero-order chi connectivity index (χ0) is 21.8. The van der Waals surface area contributed by atoms with E-state index in [-0.39, 0.29) is 18.0 Å². The van der Waals surface area contributed by atoms with Crippen LogP contribution in [0.15, 0.2) is 48.8 Å². The van der Waals surface area contributed by atoms with E-state index in [0.717, 1.165) is 11.1 Å². The maximum atomic E-state index is 12.3. The van der Waals surface area contributed by atoms with Crippen LogP contribution in [0.25, 0.3) is 33.5 Å². The number of aromatic nitrogens is 5. The topological polar surface area (TPSA) is 134 Å². The first kappa shape index (κ1) is 17.0. The number of nitrogen functional groups attached to an aromatic ring is 1. The molecule has 0 bridgehead atoms. The van der Waals surface area contributed by atoms with Crippen LogP contribution in [0.3, 0.4) is 0 Å². The van der Waals surface area contributed by atoms with Crippen LogP contribution in [0.5, 0.6) is 0 Å². The summed E-state index contributed by atoms with van der Waals surface area (Å²) >= 11 is 0. The Morgan fingerprint density at radius 3 is 2.87 bits per heavy atom. The van der Waals surface area contributed by atoms with Gasteiger partial charge in [-0.3, -0.25) is 9.89 Å². The molecule has 1 fully saturated rings. The second-order valence-corrected chi connectivity index (χ2v) is 7.36. The zero-order valence-corrected chi connectivity index (χ0v) is 16.1. The molecule has 0 saturated carbocycles. The highest BCUT2D eigenvalue weighted by molar-refractivity contribution is 5.88. The number of fused-ring (bicyclic) bond motifs is 1. The Morgan fingerprint density at radius 2 is 2.07 bits per heavy atom. The lowest BCUT2D eigenvalue weighted by Crippen LogP contribution is -2.36. The molecule has 0 radical (unpaired) electrons. The molecular weight excluding hydrogens is 382 g/mol. The first-order valence-corrected chi connectivity index (χ1v) is 9.41. The van der Waals surface area contributed by atoms with Gasteiger partial charge in [-0.25, -0.2) is 15.0 Å². The summed E-state index contributed by atoms with van der Waals surface area (Å²) in [6.45, 7) is 0.481. The van der Waals surface area contributed by atoms with Gasteiger partial charge in [0.1, 0.15) is 18.9 Å². The van der Waals surface area contributed by atoms with E-state index >= 15 is 0 Å². The van der Waals surface area contributed by atoms with Crippen molar-refractivity contribution in [2.24, 2.45) is 0 Å². The highest BCUT2D eigenvalue weighted by atomic mass is 16.3. The molecule has 1 amide bonds. The van der Waals surface area contributed by atoms with Crippen molar-refractivity contribution in [1.29, 1.82) is 0 Å². The molecule has 4 heterocycles. The molecule has 3 aromatic heterocycles. The number of hydrogen-bond acceptors (Lipinski definition) is 7. The molecule has 0 aliphatic carbocycles. The summed E-state index contributed by atoms with van der Waals surface area (Å²) in [6, 6.07) is 12.9. The van der Waals surface area contributed by atoms with Crippen molar-refractivity contribution < 1.29 is 11.3 Å². The summed E-state index contributed by atoms with van der Waals surface area (Å²) in [4.78, 5) is 26.3. The number of anilines is 1. The van der Waals surface area contributed by atoms with Gasteiger partial charge in [0.2, 0.25) is 0 Å². The van der Waals surface area contributed by atoms with Gasteiger partial charge in [0.15, 0.2) is 11.4 Å². The van der Waals surface area contributed by atoms with E-state index in [4.69, 9.17) is 7.10 Å². The fourth-order valence-corrected chi connectivity index (χ4v) is 3.70.